The van der Waals surface area contributed by atoms with Gasteiger partial charge >= 0.3 is 0 Å². The predicted octanol–water partition coefficient (Wildman–Crippen LogP) is 10.8. The van der Waals surface area contributed by atoms with Crippen molar-refractivity contribution in [2.24, 2.45) is 0 Å². The minimum atomic E-state index is 0.935. The number of hydrogen-bond acceptors (Lipinski definition) is 2. The Labute approximate surface area is 263 Å². The van der Waals surface area contributed by atoms with Gasteiger partial charge in [0, 0.05) is 34.3 Å². The molecule has 3 heteroatoms. The van der Waals surface area contributed by atoms with Crippen LogP contribution in [-0.4, -0.2) is 14.4 Å². The van der Waals surface area contributed by atoms with Crippen molar-refractivity contribution in [2.45, 2.75) is 13.8 Å². The fraction of sp³-hybridized carbons (Fsp3) is 0.0476. The number of pyridine rings is 2. The van der Waals surface area contributed by atoms with Crippen molar-refractivity contribution in [3.8, 4) is 55.9 Å². The van der Waals surface area contributed by atoms with Gasteiger partial charge in [0.15, 0.2) is 0 Å². The molecule has 45 heavy (non-hydrogen) atoms. The lowest BCUT2D eigenvalue weighted by Gasteiger charge is -2.14. The number of fused-ring (bicyclic) bond motifs is 2. The summed E-state index contributed by atoms with van der Waals surface area (Å²) in [5.74, 6) is 0. The van der Waals surface area contributed by atoms with Gasteiger partial charge in [-0.2, -0.15) is 0 Å². The molecule has 0 saturated carbocycles. The molecule has 0 aliphatic heterocycles. The van der Waals surface area contributed by atoms with E-state index in [0.717, 1.165) is 56.2 Å². The summed E-state index contributed by atoms with van der Waals surface area (Å²) in [7, 11) is 0. The maximum atomic E-state index is 5.07. The Balaban J connectivity index is 1.26. The van der Waals surface area contributed by atoms with Crippen LogP contribution in [0.1, 0.15) is 11.4 Å². The first-order valence-electron chi connectivity index (χ1n) is 15.3. The number of rotatable bonds is 5. The van der Waals surface area contributed by atoms with Crippen LogP contribution in [0, 0.1) is 13.8 Å². The number of benzene rings is 5. The first-order valence-corrected chi connectivity index (χ1v) is 15.3. The third kappa shape index (κ3) is 4.99. The van der Waals surface area contributed by atoms with Crippen LogP contribution in [0.5, 0.6) is 0 Å². The van der Waals surface area contributed by atoms with Crippen molar-refractivity contribution in [1.29, 1.82) is 0 Å². The molecular weight excluding hydrogens is 546 g/mol. The summed E-state index contributed by atoms with van der Waals surface area (Å²) < 4.78 is 2.18. The molecule has 0 bridgehead atoms. The molecule has 0 unspecified atom stereocenters. The van der Waals surface area contributed by atoms with Crippen LogP contribution in [0.4, 0.5) is 0 Å². The van der Waals surface area contributed by atoms with Gasteiger partial charge in [0.05, 0.1) is 11.4 Å². The largest absolute Gasteiger partial charge is 0.299 e. The fourth-order valence-corrected chi connectivity index (χ4v) is 6.37. The summed E-state index contributed by atoms with van der Waals surface area (Å²) in [6.07, 6.45) is 2.09. The second-order valence-electron chi connectivity index (χ2n) is 11.6. The standard InChI is InChI=1S/C42H31N3/c1-28-15-22-39(29(2)43-28)38-26-36(25-37(27-38)35-21-18-30-10-6-7-13-34(30)24-35)31-16-19-32(20-17-31)41-42(33-11-4-3-5-12-33)45-23-9-8-14-40(45)44-41/h3-27H,1-2H3. The molecule has 0 saturated heterocycles. The van der Waals surface area contributed by atoms with Crippen LogP contribution in [0.3, 0.4) is 0 Å². The van der Waals surface area contributed by atoms with Crippen molar-refractivity contribution >= 4 is 16.4 Å². The third-order valence-corrected chi connectivity index (χ3v) is 8.62. The number of hydrogen-bond donors (Lipinski definition) is 0. The number of nitrogens with zero attached hydrogens (tertiary/aromatic N) is 3. The second kappa shape index (κ2) is 11.0. The van der Waals surface area contributed by atoms with E-state index in [1.54, 1.807) is 0 Å². The lowest BCUT2D eigenvalue weighted by molar-refractivity contribution is 1.13. The summed E-state index contributed by atoms with van der Waals surface area (Å²) in [6.45, 7) is 4.14. The Morgan fingerprint density at radius 3 is 1.91 bits per heavy atom. The fourth-order valence-electron chi connectivity index (χ4n) is 6.37. The molecule has 3 nitrogen and oxygen atoms in total. The van der Waals surface area contributed by atoms with Gasteiger partial charge in [0.2, 0.25) is 0 Å². The lowest BCUT2D eigenvalue weighted by atomic mass is 9.91. The van der Waals surface area contributed by atoms with E-state index >= 15 is 0 Å². The van der Waals surface area contributed by atoms with Gasteiger partial charge in [-0.15, -0.1) is 0 Å². The van der Waals surface area contributed by atoms with E-state index in [9.17, 15) is 0 Å². The molecule has 0 radical (unpaired) electrons. The summed E-state index contributed by atoms with van der Waals surface area (Å²) in [4.78, 5) is 9.85. The SMILES string of the molecule is Cc1ccc(-c2cc(-c3ccc(-c4nc5ccccn5c4-c4ccccc4)cc3)cc(-c3ccc4ccccc4c3)c2)c(C)n1. The van der Waals surface area contributed by atoms with E-state index in [1.165, 1.54) is 27.5 Å². The van der Waals surface area contributed by atoms with E-state index in [-0.39, 0.29) is 0 Å². The summed E-state index contributed by atoms with van der Waals surface area (Å²) in [5, 5.41) is 2.48. The molecule has 0 N–H and O–H groups in total. The van der Waals surface area contributed by atoms with Gasteiger partial charge < -0.3 is 0 Å². The van der Waals surface area contributed by atoms with E-state index in [1.807, 2.05) is 13.0 Å². The average molecular weight is 578 g/mol. The van der Waals surface area contributed by atoms with Gasteiger partial charge in [-0.1, -0.05) is 103 Å². The van der Waals surface area contributed by atoms with Crippen molar-refractivity contribution in [2.75, 3.05) is 0 Å². The number of aryl methyl sites for hydroxylation is 2. The smallest absolute Gasteiger partial charge is 0.137 e. The zero-order chi connectivity index (χ0) is 30.3. The van der Waals surface area contributed by atoms with Crippen LogP contribution in [0.15, 0.2) is 152 Å². The van der Waals surface area contributed by atoms with Gasteiger partial charge in [0.25, 0.3) is 0 Å². The Morgan fingerprint density at radius 1 is 0.444 bits per heavy atom. The van der Waals surface area contributed by atoms with Crippen molar-refractivity contribution < 1.29 is 0 Å². The van der Waals surface area contributed by atoms with Gasteiger partial charge in [-0.3, -0.25) is 9.38 Å². The highest BCUT2D eigenvalue weighted by Crippen LogP contribution is 2.37. The second-order valence-corrected chi connectivity index (χ2v) is 11.6. The maximum absolute atomic E-state index is 5.07. The van der Waals surface area contributed by atoms with Crippen molar-refractivity contribution in [3.63, 3.8) is 0 Å². The molecule has 8 aromatic rings. The molecule has 214 valence electrons. The quantitative estimate of drug-likeness (QED) is 0.204. The van der Waals surface area contributed by atoms with Crippen molar-refractivity contribution in [1.82, 2.24) is 14.4 Å². The normalized spacial score (nSPS) is 11.3. The van der Waals surface area contributed by atoms with Gasteiger partial charge in [-0.25, -0.2) is 4.98 Å². The van der Waals surface area contributed by atoms with Crippen LogP contribution < -0.4 is 0 Å². The van der Waals surface area contributed by atoms with E-state index in [0.29, 0.717) is 0 Å². The third-order valence-electron chi connectivity index (χ3n) is 8.62. The van der Waals surface area contributed by atoms with Crippen LogP contribution in [0.2, 0.25) is 0 Å². The number of imidazole rings is 1. The maximum Gasteiger partial charge on any atom is 0.137 e. The highest BCUT2D eigenvalue weighted by atomic mass is 15.0. The Bertz CT molecular complexity index is 2330. The molecule has 0 aliphatic carbocycles. The van der Waals surface area contributed by atoms with Gasteiger partial charge in [0.1, 0.15) is 5.65 Å². The zero-order valence-corrected chi connectivity index (χ0v) is 25.3. The first kappa shape index (κ1) is 26.8. The zero-order valence-electron chi connectivity index (χ0n) is 25.3. The molecule has 3 aromatic heterocycles. The monoisotopic (exact) mass is 577 g/mol. The average Bonchev–Trinajstić information content (AvgIpc) is 3.48. The number of aromatic nitrogens is 3. The lowest BCUT2D eigenvalue weighted by Crippen LogP contribution is -1.92. The molecular formula is C42H31N3. The molecule has 8 rings (SSSR count). The van der Waals surface area contributed by atoms with E-state index in [4.69, 9.17) is 9.97 Å². The summed E-state index contributed by atoms with van der Waals surface area (Å²) >= 11 is 0. The van der Waals surface area contributed by atoms with E-state index < -0.39 is 0 Å². The molecule has 0 spiro atoms. The van der Waals surface area contributed by atoms with E-state index in [2.05, 4.69) is 157 Å². The molecule has 5 aromatic carbocycles. The Morgan fingerprint density at radius 2 is 1.11 bits per heavy atom. The minimum Gasteiger partial charge on any atom is -0.299 e. The summed E-state index contributed by atoms with van der Waals surface area (Å²) in [6, 6.07) is 51.9. The van der Waals surface area contributed by atoms with Crippen LogP contribution >= 0.6 is 0 Å². The van der Waals surface area contributed by atoms with Crippen LogP contribution in [-0.2, 0) is 0 Å². The Hall–Kier alpha value is -5.80. The molecule has 3 heterocycles. The van der Waals surface area contributed by atoms with Gasteiger partial charge in [-0.05, 0) is 94.9 Å². The predicted molar refractivity (Wildman–Crippen MR) is 187 cm³/mol. The minimum absolute atomic E-state index is 0.935. The molecule has 0 fully saturated rings. The molecule has 0 atom stereocenters. The topological polar surface area (TPSA) is 30.2 Å². The summed E-state index contributed by atoms with van der Waals surface area (Å²) in [5.41, 5.74) is 14.3. The molecule has 0 aliphatic rings. The first-order chi connectivity index (χ1) is 22.1. The van der Waals surface area contributed by atoms with Crippen molar-refractivity contribution in [3.05, 3.63) is 163 Å². The highest BCUT2D eigenvalue weighted by Gasteiger charge is 2.16. The molecule has 0 amide bonds. The highest BCUT2D eigenvalue weighted by molar-refractivity contribution is 5.90. The Kier molecular flexibility index (Phi) is 6.57. The van der Waals surface area contributed by atoms with Crippen LogP contribution in [0.25, 0.3) is 72.3 Å².